The van der Waals surface area contributed by atoms with E-state index in [1.54, 1.807) is 6.92 Å². The number of halogens is 2. The Hall–Kier alpha value is -0.680. The summed E-state index contributed by atoms with van der Waals surface area (Å²) in [6.45, 7) is 1.63. The Labute approximate surface area is 74.4 Å². The van der Waals surface area contributed by atoms with Crippen molar-refractivity contribution in [2.75, 3.05) is 0 Å². The molecule has 0 aromatic carbocycles. The van der Waals surface area contributed by atoms with Gasteiger partial charge >= 0.3 is 10.2 Å². The lowest BCUT2D eigenvalue weighted by atomic mass is 10.4. The van der Waals surface area contributed by atoms with Gasteiger partial charge in [-0.25, -0.2) is 4.98 Å². The van der Waals surface area contributed by atoms with Gasteiger partial charge in [0.25, 0.3) is 0 Å². The lowest BCUT2D eigenvalue weighted by Crippen LogP contribution is -1.95. The molecule has 66 valence electrons. The zero-order valence-electron chi connectivity index (χ0n) is 6.08. The van der Waals surface area contributed by atoms with Crippen LogP contribution in [0.3, 0.4) is 0 Å². The summed E-state index contributed by atoms with van der Waals surface area (Å²) in [4.78, 5) is 3.00. The Morgan fingerprint density at radius 1 is 1.50 bits per heavy atom. The van der Waals surface area contributed by atoms with Crippen molar-refractivity contribution in [3.05, 3.63) is 23.0 Å². The van der Waals surface area contributed by atoms with E-state index < -0.39 is 15.1 Å². The van der Waals surface area contributed by atoms with E-state index in [2.05, 4.69) is 4.98 Å². The topological polar surface area (TPSA) is 47.0 Å². The normalized spacial score (nSPS) is 11.6. The average Bonchev–Trinajstić information content (AvgIpc) is 1.83. The fraction of sp³-hybridized carbons (Fsp3) is 0.167. The highest BCUT2D eigenvalue weighted by atomic mass is 35.5. The maximum Gasteiger partial charge on any atom is 0.335 e. The molecule has 6 heteroatoms. The van der Waals surface area contributed by atoms with E-state index in [1.165, 1.54) is 6.07 Å². The van der Waals surface area contributed by atoms with Crippen molar-refractivity contribution in [1.29, 1.82) is 0 Å². The van der Waals surface area contributed by atoms with Crippen molar-refractivity contribution in [3.8, 4) is 0 Å². The number of pyridine rings is 1. The van der Waals surface area contributed by atoms with Crippen LogP contribution >= 0.6 is 11.6 Å². The number of hydrogen-bond acceptors (Lipinski definition) is 3. The molecule has 1 rings (SSSR count). The molecule has 0 saturated heterocycles. The van der Waals surface area contributed by atoms with Gasteiger partial charge in [0.1, 0.15) is 4.90 Å². The van der Waals surface area contributed by atoms with Crippen LogP contribution in [-0.2, 0) is 10.2 Å². The van der Waals surface area contributed by atoms with Crippen LogP contribution in [0.1, 0.15) is 5.69 Å². The summed E-state index contributed by atoms with van der Waals surface area (Å²) in [5, 5.41) is -0.336. The Morgan fingerprint density at radius 2 is 2.08 bits per heavy atom. The van der Waals surface area contributed by atoms with Gasteiger partial charge in [0.15, 0.2) is 5.15 Å². The second-order valence-electron chi connectivity index (χ2n) is 2.18. The van der Waals surface area contributed by atoms with Gasteiger partial charge in [-0.05, 0) is 19.1 Å². The van der Waals surface area contributed by atoms with Crippen LogP contribution in [0.15, 0.2) is 17.0 Å². The molecule has 0 fully saturated rings. The van der Waals surface area contributed by atoms with Gasteiger partial charge in [-0.1, -0.05) is 11.6 Å². The van der Waals surface area contributed by atoms with Gasteiger partial charge in [-0.3, -0.25) is 0 Å². The smallest absolute Gasteiger partial charge is 0.240 e. The van der Waals surface area contributed by atoms with Crippen LogP contribution in [0.4, 0.5) is 3.89 Å². The monoisotopic (exact) mass is 209 g/mol. The third-order valence-electron chi connectivity index (χ3n) is 1.22. The predicted octanol–water partition coefficient (Wildman–Crippen LogP) is 1.70. The van der Waals surface area contributed by atoms with Crippen molar-refractivity contribution < 1.29 is 12.3 Å². The minimum absolute atomic E-state index is 0.336. The van der Waals surface area contributed by atoms with Gasteiger partial charge in [-0.2, -0.15) is 8.42 Å². The van der Waals surface area contributed by atoms with Crippen LogP contribution in [0.25, 0.3) is 0 Å². The van der Waals surface area contributed by atoms with Crippen LogP contribution < -0.4 is 0 Å². The van der Waals surface area contributed by atoms with Crippen LogP contribution in [0.5, 0.6) is 0 Å². The van der Waals surface area contributed by atoms with Gasteiger partial charge < -0.3 is 0 Å². The van der Waals surface area contributed by atoms with Gasteiger partial charge in [0, 0.05) is 5.69 Å². The number of nitrogens with zero attached hydrogens (tertiary/aromatic N) is 1. The summed E-state index contributed by atoms with van der Waals surface area (Å²) >= 11 is 5.38. The van der Waals surface area contributed by atoms with Crippen molar-refractivity contribution >= 4 is 21.8 Å². The third kappa shape index (κ3) is 1.92. The average molecular weight is 210 g/mol. The lowest BCUT2D eigenvalue weighted by molar-refractivity contribution is 0.551. The summed E-state index contributed by atoms with van der Waals surface area (Å²) in [6.07, 6.45) is 0. The Bertz CT molecular complexity index is 404. The standard InChI is InChI=1S/C6H5ClFNO2S/c1-4-2-3-5(6(7)9-4)12(8,10)11/h2-3H,1H3. The van der Waals surface area contributed by atoms with E-state index in [0.29, 0.717) is 5.69 Å². The molecular formula is C6H5ClFNO2S. The molecule has 0 radical (unpaired) electrons. The molecule has 1 aromatic heterocycles. The maximum atomic E-state index is 12.4. The minimum Gasteiger partial charge on any atom is -0.240 e. The molecule has 1 aromatic rings. The fourth-order valence-electron chi connectivity index (χ4n) is 0.694. The quantitative estimate of drug-likeness (QED) is 0.523. The minimum atomic E-state index is -4.74. The molecule has 0 N–H and O–H groups in total. The van der Waals surface area contributed by atoms with Gasteiger partial charge in [0.05, 0.1) is 0 Å². The highest BCUT2D eigenvalue weighted by Gasteiger charge is 2.16. The van der Waals surface area contributed by atoms with Crippen molar-refractivity contribution in [2.24, 2.45) is 0 Å². The summed E-state index contributed by atoms with van der Waals surface area (Å²) in [6, 6.07) is 2.46. The first-order valence-electron chi connectivity index (χ1n) is 2.99. The molecule has 12 heavy (non-hydrogen) atoms. The van der Waals surface area contributed by atoms with Gasteiger partial charge in [0.2, 0.25) is 0 Å². The summed E-state index contributed by atoms with van der Waals surface area (Å²) in [5.74, 6) is 0. The SMILES string of the molecule is Cc1ccc(S(=O)(=O)F)c(Cl)n1. The number of rotatable bonds is 1. The van der Waals surface area contributed by atoms with Crippen molar-refractivity contribution in [1.82, 2.24) is 4.98 Å². The molecule has 0 saturated carbocycles. The molecule has 3 nitrogen and oxygen atoms in total. The molecule has 0 bridgehead atoms. The first-order valence-corrected chi connectivity index (χ1v) is 4.75. The zero-order valence-corrected chi connectivity index (χ0v) is 7.66. The molecule has 0 spiro atoms. The molecule has 0 amide bonds. The van der Waals surface area contributed by atoms with E-state index in [-0.39, 0.29) is 5.15 Å². The largest absolute Gasteiger partial charge is 0.335 e. The van der Waals surface area contributed by atoms with Crippen LogP contribution in [-0.4, -0.2) is 13.4 Å². The van der Waals surface area contributed by atoms with E-state index in [9.17, 15) is 12.3 Å². The summed E-state index contributed by atoms with van der Waals surface area (Å²) < 4.78 is 33.1. The number of aromatic nitrogens is 1. The molecule has 0 aliphatic rings. The predicted molar refractivity (Wildman–Crippen MR) is 42.3 cm³/mol. The molecule has 0 aliphatic heterocycles. The highest BCUT2D eigenvalue weighted by Crippen LogP contribution is 2.20. The lowest BCUT2D eigenvalue weighted by Gasteiger charge is -1.97. The van der Waals surface area contributed by atoms with Gasteiger partial charge in [-0.15, -0.1) is 3.89 Å². The van der Waals surface area contributed by atoms with Crippen LogP contribution in [0.2, 0.25) is 5.15 Å². The molecule has 0 unspecified atom stereocenters. The second-order valence-corrected chi connectivity index (χ2v) is 3.85. The fourth-order valence-corrected chi connectivity index (χ4v) is 1.64. The number of aryl methyl sites for hydroxylation is 1. The summed E-state index contributed by atoms with van der Waals surface area (Å²) in [7, 11) is -4.74. The Kier molecular flexibility index (Phi) is 2.34. The number of hydrogen-bond donors (Lipinski definition) is 0. The van der Waals surface area contributed by atoms with Crippen molar-refractivity contribution in [3.63, 3.8) is 0 Å². The van der Waals surface area contributed by atoms with E-state index in [4.69, 9.17) is 11.6 Å². The Morgan fingerprint density at radius 3 is 2.50 bits per heavy atom. The summed E-state index contributed by atoms with van der Waals surface area (Å²) in [5.41, 5.74) is 0.535. The van der Waals surface area contributed by atoms with Crippen molar-refractivity contribution in [2.45, 2.75) is 11.8 Å². The highest BCUT2D eigenvalue weighted by molar-refractivity contribution is 7.86. The first-order chi connectivity index (χ1) is 5.41. The van der Waals surface area contributed by atoms with Crippen LogP contribution in [0, 0.1) is 6.92 Å². The molecule has 1 heterocycles. The second kappa shape index (κ2) is 2.99. The van der Waals surface area contributed by atoms with E-state index in [0.717, 1.165) is 6.07 Å². The molecule has 0 aliphatic carbocycles. The first kappa shape index (κ1) is 9.41. The van der Waals surface area contributed by atoms with E-state index >= 15 is 0 Å². The third-order valence-corrected chi connectivity index (χ3v) is 2.47. The molecule has 0 atom stereocenters. The van der Waals surface area contributed by atoms with E-state index in [1.807, 2.05) is 0 Å². The zero-order chi connectivity index (χ0) is 9.35. The molecular weight excluding hydrogens is 205 g/mol. The Balaban J connectivity index is 3.39. The maximum absolute atomic E-state index is 12.4.